The number of hydrogen-bond donors (Lipinski definition) is 2. The van der Waals surface area contributed by atoms with Gasteiger partial charge in [0.15, 0.2) is 0 Å². The molecule has 8 heteroatoms. The molecule has 0 bridgehead atoms. The molecule has 0 aromatic heterocycles. The Morgan fingerprint density at radius 2 is 1.08 bits per heavy atom. The van der Waals surface area contributed by atoms with E-state index in [0.717, 1.165) is 6.26 Å². The Balaban J connectivity index is 0. The molecule has 0 unspecified atom stereocenters. The van der Waals surface area contributed by atoms with Gasteiger partial charge in [-0.05, 0) is 13.8 Å². The van der Waals surface area contributed by atoms with Crippen molar-refractivity contribution in [2.75, 3.05) is 6.26 Å². The lowest BCUT2D eigenvalue weighted by Crippen LogP contribution is -2.22. The van der Waals surface area contributed by atoms with Crippen LogP contribution >= 0.6 is 0 Å². The van der Waals surface area contributed by atoms with E-state index in [0.29, 0.717) is 0 Å². The standard InChI is InChI=1S/C3H9NO2S.CH5NO2S/c1-3(2)7(4,5)6;1-5(2,3)4/h3H,1-2H3,(H2,4,5,6);1H3,(H2,2,3,4). The zero-order chi connectivity index (χ0) is 10.6. The molecule has 0 aromatic rings. The molecule has 0 saturated heterocycles. The second kappa shape index (κ2) is 4.75. The first-order valence-corrected chi connectivity index (χ1v) is 6.50. The fraction of sp³-hybridized carbons (Fsp3) is 1.00. The molecule has 0 aliphatic heterocycles. The fourth-order valence-electron chi connectivity index (χ4n) is 0. The van der Waals surface area contributed by atoms with Crippen LogP contribution < -0.4 is 10.3 Å². The molecule has 0 aliphatic rings. The van der Waals surface area contributed by atoms with E-state index in [1.807, 2.05) is 0 Å². The Morgan fingerprint density at radius 1 is 1.00 bits per heavy atom. The molecule has 0 fully saturated rings. The van der Waals surface area contributed by atoms with Crippen LogP contribution in [0.25, 0.3) is 0 Å². The Bertz CT molecular complexity index is 294. The van der Waals surface area contributed by atoms with Crippen LogP contribution in [0.2, 0.25) is 0 Å². The van der Waals surface area contributed by atoms with Gasteiger partial charge < -0.3 is 0 Å². The van der Waals surface area contributed by atoms with Crippen molar-refractivity contribution < 1.29 is 16.8 Å². The van der Waals surface area contributed by atoms with Gasteiger partial charge in [-0.2, -0.15) is 0 Å². The third kappa shape index (κ3) is 22.6. The van der Waals surface area contributed by atoms with Gasteiger partial charge in [0, 0.05) is 0 Å². The molecule has 0 aromatic carbocycles. The van der Waals surface area contributed by atoms with Crippen LogP contribution in [0, 0.1) is 0 Å². The minimum Gasteiger partial charge on any atom is -0.229 e. The van der Waals surface area contributed by atoms with Crippen LogP contribution in [0.5, 0.6) is 0 Å². The van der Waals surface area contributed by atoms with Crippen molar-refractivity contribution in [1.29, 1.82) is 0 Å². The zero-order valence-corrected chi connectivity index (χ0v) is 8.81. The summed E-state index contributed by atoms with van der Waals surface area (Å²) in [5.41, 5.74) is 0. The predicted octanol–water partition coefficient (Wildman–Crippen LogP) is -1.41. The average molecular weight is 218 g/mol. The van der Waals surface area contributed by atoms with Gasteiger partial charge in [0.05, 0.1) is 11.5 Å². The van der Waals surface area contributed by atoms with Crippen molar-refractivity contribution in [2.24, 2.45) is 10.3 Å². The first-order valence-electron chi connectivity index (χ1n) is 2.94. The minimum atomic E-state index is -3.24. The second-order valence-corrected chi connectivity index (χ2v) is 6.25. The smallest absolute Gasteiger partial charge is 0.211 e. The highest BCUT2D eigenvalue weighted by molar-refractivity contribution is 7.89. The van der Waals surface area contributed by atoms with Crippen molar-refractivity contribution in [3.05, 3.63) is 0 Å². The summed E-state index contributed by atoms with van der Waals surface area (Å²) in [6.45, 7) is 3.07. The van der Waals surface area contributed by atoms with Crippen LogP contribution in [-0.2, 0) is 20.0 Å². The van der Waals surface area contributed by atoms with Crippen LogP contribution in [-0.4, -0.2) is 28.3 Å². The number of rotatable bonds is 1. The van der Waals surface area contributed by atoms with Gasteiger partial charge in [-0.3, -0.25) is 0 Å². The Kier molecular flexibility index (Phi) is 5.68. The van der Waals surface area contributed by atoms with Gasteiger partial charge in [-0.1, -0.05) is 0 Å². The third-order valence-corrected chi connectivity index (χ3v) is 1.97. The van der Waals surface area contributed by atoms with Gasteiger partial charge in [0.25, 0.3) is 0 Å². The normalized spacial score (nSPS) is 12.2. The molecule has 0 heterocycles. The summed E-state index contributed by atoms with van der Waals surface area (Å²) >= 11 is 0. The summed E-state index contributed by atoms with van der Waals surface area (Å²) in [7, 11) is -6.41. The molecule has 0 amide bonds. The second-order valence-electron chi connectivity index (χ2n) is 2.47. The lowest BCUT2D eigenvalue weighted by Gasteiger charge is -1.96. The van der Waals surface area contributed by atoms with Crippen LogP contribution in [0.3, 0.4) is 0 Å². The summed E-state index contributed by atoms with van der Waals surface area (Å²) < 4.78 is 39.0. The Labute approximate surface area is 73.0 Å². The lowest BCUT2D eigenvalue weighted by atomic mass is 10.6. The quantitative estimate of drug-likeness (QED) is 0.561. The molecular formula is C4H14N2O4S2. The Hall–Kier alpha value is -0.180. The van der Waals surface area contributed by atoms with E-state index < -0.39 is 25.3 Å². The number of nitrogens with two attached hydrogens (primary N) is 2. The maximum Gasteiger partial charge on any atom is 0.211 e. The van der Waals surface area contributed by atoms with E-state index in [1.54, 1.807) is 0 Å². The van der Waals surface area contributed by atoms with Crippen molar-refractivity contribution in [3.63, 3.8) is 0 Å². The highest BCUT2D eigenvalue weighted by atomic mass is 32.2. The van der Waals surface area contributed by atoms with E-state index in [-0.39, 0.29) is 0 Å². The van der Waals surface area contributed by atoms with Crippen molar-refractivity contribution in [3.8, 4) is 0 Å². The molecule has 0 radical (unpaired) electrons. The third-order valence-electron chi connectivity index (χ3n) is 0.657. The largest absolute Gasteiger partial charge is 0.229 e. The van der Waals surface area contributed by atoms with Crippen LogP contribution in [0.15, 0.2) is 0 Å². The van der Waals surface area contributed by atoms with E-state index in [4.69, 9.17) is 0 Å². The molecule has 6 nitrogen and oxygen atoms in total. The highest BCUT2D eigenvalue weighted by Crippen LogP contribution is 1.88. The van der Waals surface area contributed by atoms with Crippen LogP contribution in [0.4, 0.5) is 0 Å². The predicted molar refractivity (Wildman–Crippen MR) is 47.3 cm³/mol. The molecule has 0 saturated carbocycles. The van der Waals surface area contributed by atoms with E-state index in [1.165, 1.54) is 13.8 Å². The van der Waals surface area contributed by atoms with Crippen molar-refractivity contribution in [2.45, 2.75) is 19.1 Å². The van der Waals surface area contributed by atoms with Crippen molar-refractivity contribution >= 4 is 20.0 Å². The van der Waals surface area contributed by atoms with Gasteiger partial charge in [-0.25, -0.2) is 27.1 Å². The molecule has 4 N–H and O–H groups in total. The number of primary sulfonamides is 2. The monoisotopic (exact) mass is 218 g/mol. The number of sulfonamides is 2. The van der Waals surface area contributed by atoms with Crippen LogP contribution in [0.1, 0.15) is 13.8 Å². The highest BCUT2D eigenvalue weighted by Gasteiger charge is 2.06. The van der Waals surface area contributed by atoms with E-state index in [2.05, 4.69) is 10.3 Å². The minimum absolute atomic E-state index is 0.451. The zero-order valence-electron chi connectivity index (χ0n) is 7.18. The first kappa shape index (κ1) is 14.3. The Morgan fingerprint density at radius 3 is 1.08 bits per heavy atom. The molecule has 0 spiro atoms. The topological polar surface area (TPSA) is 120 Å². The SMILES string of the molecule is CC(C)S(N)(=O)=O.CS(N)(=O)=O. The number of hydrogen-bond acceptors (Lipinski definition) is 4. The maximum absolute atomic E-state index is 10.1. The van der Waals surface area contributed by atoms with Gasteiger partial charge in [-0.15, -0.1) is 0 Å². The summed E-state index contributed by atoms with van der Waals surface area (Å²) in [5, 5.41) is 8.53. The van der Waals surface area contributed by atoms with E-state index in [9.17, 15) is 16.8 Å². The molecule has 0 rings (SSSR count). The molecule has 76 valence electrons. The van der Waals surface area contributed by atoms with Gasteiger partial charge >= 0.3 is 0 Å². The van der Waals surface area contributed by atoms with Gasteiger partial charge in [0.2, 0.25) is 20.0 Å². The first-order chi connectivity index (χ1) is 4.94. The summed E-state index contributed by atoms with van der Waals surface area (Å²) in [5.74, 6) is 0. The summed E-state index contributed by atoms with van der Waals surface area (Å²) in [4.78, 5) is 0. The summed E-state index contributed by atoms with van der Waals surface area (Å²) in [6, 6.07) is 0. The average Bonchev–Trinajstić information content (AvgIpc) is 1.55. The maximum atomic E-state index is 10.1. The van der Waals surface area contributed by atoms with Gasteiger partial charge in [0.1, 0.15) is 0 Å². The molecule has 0 aliphatic carbocycles. The molecule has 0 atom stereocenters. The molecule has 12 heavy (non-hydrogen) atoms. The fourth-order valence-corrected chi connectivity index (χ4v) is 0. The summed E-state index contributed by atoms with van der Waals surface area (Å²) in [6.07, 6.45) is 0.938. The van der Waals surface area contributed by atoms with E-state index >= 15 is 0 Å². The lowest BCUT2D eigenvalue weighted by molar-refractivity contribution is 0.589. The molecular weight excluding hydrogens is 204 g/mol. The van der Waals surface area contributed by atoms with Crippen molar-refractivity contribution in [1.82, 2.24) is 0 Å².